The number of ether oxygens (including phenoxy) is 1. The van der Waals surface area contributed by atoms with Gasteiger partial charge in [-0.15, -0.1) is 0 Å². The van der Waals surface area contributed by atoms with Crippen molar-refractivity contribution in [2.45, 2.75) is 49.9 Å². The number of phenolic OH excluding ortho intramolecular Hbond substituents is 1. The van der Waals surface area contributed by atoms with Gasteiger partial charge in [-0.2, -0.15) is 0 Å². The van der Waals surface area contributed by atoms with E-state index in [4.69, 9.17) is 16.2 Å². The molecule has 1 aliphatic heterocycles. The van der Waals surface area contributed by atoms with Gasteiger partial charge in [0.15, 0.2) is 11.4 Å². The lowest BCUT2D eigenvalue weighted by atomic mass is 9.58. The van der Waals surface area contributed by atoms with Gasteiger partial charge >= 0.3 is 0 Å². The summed E-state index contributed by atoms with van der Waals surface area (Å²) in [5, 5.41) is 45.0. The van der Waals surface area contributed by atoms with Gasteiger partial charge in [-0.1, -0.05) is 0 Å². The number of nitrogens with two attached hydrogens (primary N) is 2. The predicted molar refractivity (Wildman–Crippen MR) is 148 cm³/mol. The van der Waals surface area contributed by atoms with Crippen LogP contribution in [0.4, 0.5) is 0 Å². The molecule has 1 aromatic heterocycles. The normalized spacial score (nSPS) is 29.3. The summed E-state index contributed by atoms with van der Waals surface area (Å²) < 4.78 is 5.89. The van der Waals surface area contributed by atoms with Crippen LogP contribution in [0.5, 0.6) is 11.5 Å². The lowest BCUT2D eigenvalue weighted by molar-refractivity contribution is -0.149. The minimum absolute atomic E-state index is 0.00860. The topological polar surface area (TPSA) is 210 Å². The predicted octanol–water partition coefficient (Wildman–Crippen LogP) is 1.10. The molecular weight excluding hydrogens is 544 g/mol. The molecule has 8 N–H and O–H groups in total. The molecule has 2 aromatic rings. The summed E-state index contributed by atoms with van der Waals surface area (Å²) in [5.74, 6) is -6.95. The number of carbonyl (C=O) groups is 3. The Kier molecular flexibility index (Phi) is 6.59. The fourth-order valence-corrected chi connectivity index (χ4v) is 7.37. The number of ketones is 2. The highest BCUT2D eigenvalue weighted by molar-refractivity contribution is 6.24. The molecule has 6 rings (SSSR count). The maximum absolute atomic E-state index is 13.8. The third kappa shape index (κ3) is 3.86. The van der Waals surface area contributed by atoms with Crippen LogP contribution in [-0.4, -0.2) is 73.1 Å². The third-order valence-corrected chi connectivity index (χ3v) is 9.29. The van der Waals surface area contributed by atoms with Crippen molar-refractivity contribution in [3.63, 3.8) is 0 Å². The number of rotatable bonds is 5. The van der Waals surface area contributed by atoms with E-state index in [2.05, 4.69) is 9.88 Å². The van der Waals surface area contributed by atoms with E-state index in [1.807, 2.05) is 12.1 Å². The van der Waals surface area contributed by atoms with Crippen molar-refractivity contribution in [2.75, 3.05) is 13.7 Å². The first-order valence-electron chi connectivity index (χ1n) is 13.8. The zero-order valence-corrected chi connectivity index (χ0v) is 22.9. The number of amides is 1. The number of aliphatic hydroxyl groups excluding tert-OH is 2. The van der Waals surface area contributed by atoms with Crippen molar-refractivity contribution >= 4 is 23.2 Å². The molecule has 0 spiro atoms. The van der Waals surface area contributed by atoms with Crippen LogP contribution in [0.25, 0.3) is 5.76 Å². The highest BCUT2D eigenvalue weighted by atomic mass is 16.5. The Balaban J connectivity index is 1.46. The van der Waals surface area contributed by atoms with Crippen LogP contribution in [0.15, 0.2) is 47.5 Å². The van der Waals surface area contributed by atoms with Gasteiger partial charge in [0.1, 0.15) is 28.6 Å². The summed E-state index contributed by atoms with van der Waals surface area (Å²) in [5.41, 5.74) is 9.77. The first kappa shape index (κ1) is 27.9. The van der Waals surface area contributed by atoms with Crippen molar-refractivity contribution in [3.05, 3.63) is 69.8 Å². The number of methoxy groups -OCH3 is 1. The van der Waals surface area contributed by atoms with Gasteiger partial charge in [0, 0.05) is 47.6 Å². The van der Waals surface area contributed by atoms with E-state index in [1.54, 1.807) is 12.4 Å². The zero-order chi connectivity index (χ0) is 30.1. The Morgan fingerprint density at radius 1 is 1.21 bits per heavy atom. The van der Waals surface area contributed by atoms with Gasteiger partial charge in [-0.3, -0.25) is 24.3 Å². The number of fused-ring (bicyclic) bond motifs is 3. The number of benzene rings is 1. The molecule has 1 amide bonds. The van der Waals surface area contributed by atoms with E-state index in [9.17, 15) is 34.8 Å². The number of primary amides is 1. The van der Waals surface area contributed by atoms with E-state index in [0.717, 1.165) is 30.5 Å². The van der Waals surface area contributed by atoms with Gasteiger partial charge < -0.3 is 36.6 Å². The highest BCUT2D eigenvalue weighted by Gasteiger charge is 2.63. The smallest absolute Gasteiger partial charge is 0.255 e. The van der Waals surface area contributed by atoms with Crippen LogP contribution in [0, 0.1) is 11.8 Å². The third-order valence-electron chi connectivity index (χ3n) is 9.29. The highest BCUT2D eigenvalue weighted by Crippen LogP contribution is 2.54. The monoisotopic (exact) mass is 576 g/mol. The standard InChI is InChI=1S/C30H32N4O8/c1-42-26-15(18-3-2-8-34(18)12-13-4-6-33-7-5-13)11-19(35)21-16(26)9-14-10-17-23(31)25(37)22(29(32)40)28(39)30(17,41)27(38)20(14)24(21)36/h4-7,11,14,17-18,23,35-36,39,41H,2-3,8-10,12,31H2,1H3,(H2,32,40)/t14-,17-,18-,23-,30-/m0/s1. The van der Waals surface area contributed by atoms with Crippen LogP contribution >= 0.6 is 0 Å². The lowest BCUT2D eigenvalue weighted by Crippen LogP contribution is -2.65. The van der Waals surface area contributed by atoms with Crippen molar-refractivity contribution in [1.82, 2.24) is 9.88 Å². The number of carbonyl (C=O) groups excluding carboxylic acids is 3. The van der Waals surface area contributed by atoms with Gasteiger partial charge in [0.25, 0.3) is 5.91 Å². The Bertz CT molecular complexity index is 1590. The number of Topliss-reactive ketones (excluding diaryl/α,β-unsaturated/α-hetero) is 2. The van der Waals surface area contributed by atoms with Gasteiger partial charge in [0.05, 0.1) is 18.7 Å². The molecule has 2 heterocycles. The molecule has 0 radical (unpaired) electrons. The number of aromatic hydroxyl groups is 1. The largest absolute Gasteiger partial charge is 0.508 e. The van der Waals surface area contributed by atoms with Gasteiger partial charge in [-0.05, 0) is 61.9 Å². The molecule has 1 saturated heterocycles. The van der Waals surface area contributed by atoms with Crippen LogP contribution in [0.2, 0.25) is 0 Å². The summed E-state index contributed by atoms with van der Waals surface area (Å²) in [6.45, 7) is 1.49. The summed E-state index contributed by atoms with van der Waals surface area (Å²) >= 11 is 0. The van der Waals surface area contributed by atoms with E-state index in [-0.39, 0.29) is 35.8 Å². The summed E-state index contributed by atoms with van der Waals surface area (Å²) in [4.78, 5) is 44.9. The Labute approximate surface area is 240 Å². The minimum Gasteiger partial charge on any atom is -0.508 e. The molecule has 0 unspecified atom stereocenters. The SMILES string of the molecule is COc1c([C@@H]2CCCN2Cc2ccncc2)cc(O)c2c1C[C@H]1C[C@H]3[C@H](N)C(=O)C(C(N)=O)=C(O)[C@@]3(O)C(=O)C1=C2O. The first-order valence-corrected chi connectivity index (χ1v) is 13.8. The fraction of sp³-hybridized carbons (Fsp3) is 0.400. The molecule has 12 heteroatoms. The number of likely N-dealkylation sites (tertiary alicyclic amines) is 1. The zero-order valence-electron chi connectivity index (χ0n) is 22.9. The van der Waals surface area contributed by atoms with Crippen molar-refractivity contribution in [1.29, 1.82) is 0 Å². The van der Waals surface area contributed by atoms with Crippen molar-refractivity contribution in [3.8, 4) is 11.5 Å². The summed E-state index contributed by atoms with van der Waals surface area (Å²) in [6.07, 6.45) is 5.27. The van der Waals surface area contributed by atoms with Crippen LogP contribution in [-0.2, 0) is 27.3 Å². The van der Waals surface area contributed by atoms with Gasteiger partial charge in [-0.25, -0.2) is 0 Å². The molecule has 12 nitrogen and oxygen atoms in total. The molecule has 2 fully saturated rings. The number of hydrogen-bond acceptors (Lipinski definition) is 11. The second kappa shape index (κ2) is 9.93. The second-order valence-electron chi connectivity index (χ2n) is 11.4. The minimum atomic E-state index is -2.74. The Hall–Kier alpha value is -4.26. The molecule has 4 aliphatic rings. The van der Waals surface area contributed by atoms with Crippen LogP contribution in [0.3, 0.4) is 0 Å². The number of pyridine rings is 1. The van der Waals surface area contributed by atoms with E-state index >= 15 is 0 Å². The van der Waals surface area contributed by atoms with E-state index in [1.165, 1.54) is 13.2 Å². The lowest BCUT2D eigenvalue weighted by Gasteiger charge is -2.48. The Morgan fingerprint density at radius 2 is 1.93 bits per heavy atom. The Morgan fingerprint density at radius 3 is 2.60 bits per heavy atom. The summed E-state index contributed by atoms with van der Waals surface area (Å²) in [6, 6.07) is 3.84. The van der Waals surface area contributed by atoms with E-state index < -0.39 is 58.0 Å². The molecular formula is C30H32N4O8. The molecule has 1 aromatic carbocycles. The molecule has 220 valence electrons. The number of aliphatic hydroxyl groups is 3. The number of aromatic nitrogens is 1. The quantitative estimate of drug-likeness (QED) is 0.278. The van der Waals surface area contributed by atoms with Crippen molar-refractivity contribution < 1.29 is 39.5 Å². The van der Waals surface area contributed by atoms with Crippen molar-refractivity contribution in [2.24, 2.45) is 23.3 Å². The molecule has 3 aliphatic carbocycles. The van der Waals surface area contributed by atoms with Crippen LogP contribution < -0.4 is 16.2 Å². The number of nitrogens with zero attached hydrogens (tertiary/aromatic N) is 2. The average molecular weight is 577 g/mol. The van der Waals surface area contributed by atoms with Crippen LogP contribution in [0.1, 0.15) is 47.6 Å². The van der Waals surface area contributed by atoms with E-state index in [0.29, 0.717) is 17.9 Å². The second-order valence-corrected chi connectivity index (χ2v) is 11.4. The molecule has 1 saturated carbocycles. The first-order chi connectivity index (χ1) is 20.0. The summed E-state index contributed by atoms with van der Waals surface area (Å²) in [7, 11) is 1.50. The number of phenols is 1. The number of hydrogen-bond donors (Lipinski definition) is 6. The average Bonchev–Trinajstić information content (AvgIpc) is 3.41. The van der Waals surface area contributed by atoms with Gasteiger partial charge in [0.2, 0.25) is 5.78 Å². The maximum atomic E-state index is 13.8. The fourth-order valence-electron chi connectivity index (χ4n) is 7.37. The molecule has 5 atom stereocenters. The molecule has 0 bridgehead atoms. The molecule has 42 heavy (non-hydrogen) atoms. The maximum Gasteiger partial charge on any atom is 0.255 e.